The minimum atomic E-state index is -0.645. The summed E-state index contributed by atoms with van der Waals surface area (Å²) in [6.07, 6.45) is 0. The molecule has 0 saturated heterocycles. The average molecular weight is 437 g/mol. The molecule has 0 bridgehead atoms. The van der Waals surface area contributed by atoms with E-state index in [2.05, 4.69) is 117 Å². The lowest BCUT2D eigenvalue weighted by Crippen LogP contribution is -2.21. The molecule has 3 aromatic carbocycles. The zero-order chi connectivity index (χ0) is 22.1. The summed E-state index contributed by atoms with van der Waals surface area (Å²) in [4.78, 5) is 4.24. The molecule has 0 atom stereocenters. The van der Waals surface area contributed by atoms with E-state index in [1.165, 1.54) is 15.9 Å². The molecular weight excluding hydrogens is 403 g/mol. The Hall–Kier alpha value is -2.39. The molecular formula is C26H33N2O2P. The van der Waals surface area contributed by atoms with Crippen molar-refractivity contribution in [2.45, 2.75) is 0 Å². The molecule has 3 rings (SSSR count). The highest BCUT2D eigenvalue weighted by molar-refractivity contribution is 7.79. The fourth-order valence-corrected chi connectivity index (χ4v) is 5.36. The first-order valence-electron chi connectivity index (χ1n) is 10.6. The van der Waals surface area contributed by atoms with Crippen LogP contribution in [0, 0.1) is 0 Å². The van der Waals surface area contributed by atoms with Gasteiger partial charge in [-0.25, -0.2) is 0 Å². The Morgan fingerprint density at radius 3 is 1.32 bits per heavy atom. The topological polar surface area (TPSA) is 24.9 Å². The van der Waals surface area contributed by atoms with Crippen LogP contribution in [-0.2, 0) is 0 Å². The molecule has 0 radical (unpaired) electrons. The molecule has 4 nitrogen and oxygen atoms in total. The maximum Gasteiger partial charge on any atom is 0.119 e. The van der Waals surface area contributed by atoms with Gasteiger partial charge in [-0.15, -0.1) is 0 Å². The van der Waals surface area contributed by atoms with Crippen molar-refractivity contribution < 1.29 is 9.47 Å². The van der Waals surface area contributed by atoms with Gasteiger partial charge in [0.15, 0.2) is 0 Å². The van der Waals surface area contributed by atoms with Crippen LogP contribution in [0.1, 0.15) is 0 Å². The third-order valence-corrected chi connectivity index (χ3v) is 7.26. The van der Waals surface area contributed by atoms with E-state index in [0.29, 0.717) is 13.2 Å². The van der Waals surface area contributed by atoms with Crippen LogP contribution in [0.25, 0.3) is 0 Å². The first-order valence-corrected chi connectivity index (χ1v) is 12.0. The third kappa shape index (κ3) is 7.36. The Bertz CT molecular complexity index is 839. The van der Waals surface area contributed by atoms with Crippen LogP contribution < -0.4 is 25.4 Å². The van der Waals surface area contributed by atoms with E-state index in [-0.39, 0.29) is 0 Å². The smallest absolute Gasteiger partial charge is 0.119 e. The lowest BCUT2D eigenvalue weighted by molar-refractivity contribution is 0.261. The second-order valence-corrected chi connectivity index (χ2v) is 10.2. The van der Waals surface area contributed by atoms with Crippen LogP contribution in [0.15, 0.2) is 78.9 Å². The van der Waals surface area contributed by atoms with Crippen molar-refractivity contribution in [3.05, 3.63) is 78.9 Å². The Morgan fingerprint density at radius 1 is 0.548 bits per heavy atom. The number of hydrogen-bond acceptors (Lipinski definition) is 4. The molecule has 0 spiro atoms. The maximum atomic E-state index is 5.88. The van der Waals surface area contributed by atoms with Gasteiger partial charge in [-0.05, 0) is 76.3 Å². The molecule has 0 saturated carbocycles. The average Bonchev–Trinajstić information content (AvgIpc) is 2.76. The second-order valence-electron chi connectivity index (χ2n) is 7.96. The van der Waals surface area contributed by atoms with Gasteiger partial charge in [-0.3, -0.25) is 0 Å². The van der Waals surface area contributed by atoms with Crippen LogP contribution in [0.5, 0.6) is 11.5 Å². The lowest BCUT2D eigenvalue weighted by atomic mass is 10.3. The molecule has 0 N–H and O–H groups in total. The molecule has 31 heavy (non-hydrogen) atoms. The SMILES string of the molecule is CN(C)CCOc1ccc(P(c2ccccc2)c2ccc(OCCN(C)C)cc2)cc1. The largest absolute Gasteiger partial charge is 0.492 e. The van der Waals surface area contributed by atoms with Crippen LogP contribution in [0.4, 0.5) is 0 Å². The third-order valence-electron chi connectivity index (χ3n) is 4.82. The number of nitrogens with zero attached hydrogens (tertiary/aromatic N) is 2. The van der Waals surface area contributed by atoms with Crippen LogP contribution in [0.2, 0.25) is 0 Å². The summed E-state index contributed by atoms with van der Waals surface area (Å²) in [5.41, 5.74) is 0. The van der Waals surface area contributed by atoms with Gasteiger partial charge in [-0.1, -0.05) is 54.6 Å². The van der Waals surface area contributed by atoms with Gasteiger partial charge in [0.1, 0.15) is 24.7 Å². The standard InChI is InChI=1S/C26H33N2O2P/c1-27(2)18-20-29-22-10-14-25(15-11-22)31(24-8-6-5-7-9-24)26-16-12-23(13-17-26)30-21-19-28(3)4/h5-17H,18-21H2,1-4H3. The van der Waals surface area contributed by atoms with Crippen molar-refractivity contribution in [3.63, 3.8) is 0 Å². The molecule has 164 valence electrons. The molecule has 0 fully saturated rings. The van der Waals surface area contributed by atoms with Crippen molar-refractivity contribution in [1.82, 2.24) is 9.80 Å². The van der Waals surface area contributed by atoms with E-state index >= 15 is 0 Å². The predicted molar refractivity (Wildman–Crippen MR) is 133 cm³/mol. The van der Waals surface area contributed by atoms with Gasteiger partial charge in [-0.2, -0.15) is 0 Å². The summed E-state index contributed by atoms with van der Waals surface area (Å²) in [5.74, 6) is 1.83. The first-order chi connectivity index (χ1) is 15.0. The molecule has 0 aliphatic heterocycles. The molecule has 0 aliphatic carbocycles. The van der Waals surface area contributed by atoms with Crippen molar-refractivity contribution >= 4 is 23.8 Å². The Balaban J connectivity index is 1.78. The van der Waals surface area contributed by atoms with E-state index in [9.17, 15) is 0 Å². The van der Waals surface area contributed by atoms with Crippen molar-refractivity contribution in [2.75, 3.05) is 54.5 Å². The predicted octanol–water partition coefficient (Wildman–Crippen LogP) is 3.33. The molecule has 0 aromatic heterocycles. The molecule has 0 heterocycles. The Morgan fingerprint density at radius 2 is 0.935 bits per heavy atom. The molecule has 3 aromatic rings. The summed E-state index contributed by atoms with van der Waals surface area (Å²) in [5, 5.41) is 3.95. The number of ether oxygens (including phenoxy) is 2. The minimum absolute atomic E-state index is 0.645. The molecule has 0 unspecified atom stereocenters. The fourth-order valence-electron chi connectivity index (χ4n) is 3.10. The lowest BCUT2D eigenvalue weighted by Gasteiger charge is -2.20. The number of likely N-dealkylation sites (N-methyl/N-ethyl adjacent to an activating group) is 2. The number of rotatable bonds is 11. The molecule has 0 aliphatic rings. The first kappa shape index (κ1) is 23.3. The monoisotopic (exact) mass is 436 g/mol. The van der Waals surface area contributed by atoms with Gasteiger partial charge in [0.25, 0.3) is 0 Å². The van der Waals surface area contributed by atoms with Crippen molar-refractivity contribution in [1.29, 1.82) is 0 Å². The van der Waals surface area contributed by atoms with Gasteiger partial charge in [0, 0.05) is 13.1 Å². The summed E-state index contributed by atoms with van der Waals surface area (Å²) < 4.78 is 11.8. The minimum Gasteiger partial charge on any atom is -0.492 e. The fraction of sp³-hybridized carbons (Fsp3) is 0.308. The summed E-state index contributed by atoms with van der Waals surface area (Å²) >= 11 is 0. The summed E-state index contributed by atoms with van der Waals surface area (Å²) in [6, 6.07) is 27.9. The van der Waals surface area contributed by atoms with Gasteiger partial charge in [0.2, 0.25) is 0 Å². The maximum absolute atomic E-state index is 5.88. The zero-order valence-electron chi connectivity index (χ0n) is 19.0. The summed E-state index contributed by atoms with van der Waals surface area (Å²) in [7, 11) is 7.57. The summed E-state index contributed by atoms with van der Waals surface area (Å²) in [6.45, 7) is 3.19. The van der Waals surface area contributed by atoms with Crippen LogP contribution in [-0.4, -0.2) is 64.3 Å². The van der Waals surface area contributed by atoms with Crippen molar-refractivity contribution in [2.24, 2.45) is 0 Å². The quantitative estimate of drug-likeness (QED) is 0.431. The van der Waals surface area contributed by atoms with E-state index in [4.69, 9.17) is 9.47 Å². The Labute approximate surface area is 188 Å². The van der Waals surface area contributed by atoms with E-state index < -0.39 is 7.92 Å². The Kier molecular flexibility index (Phi) is 8.90. The van der Waals surface area contributed by atoms with E-state index in [1.807, 2.05) is 0 Å². The van der Waals surface area contributed by atoms with Gasteiger partial charge in [0.05, 0.1) is 0 Å². The highest BCUT2D eigenvalue weighted by atomic mass is 31.1. The number of benzene rings is 3. The second kappa shape index (κ2) is 11.9. The van der Waals surface area contributed by atoms with E-state index in [1.54, 1.807) is 0 Å². The number of hydrogen-bond donors (Lipinski definition) is 0. The van der Waals surface area contributed by atoms with Crippen LogP contribution >= 0.6 is 7.92 Å². The van der Waals surface area contributed by atoms with Crippen molar-refractivity contribution in [3.8, 4) is 11.5 Å². The van der Waals surface area contributed by atoms with Gasteiger partial charge < -0.3 is 19.3 Å². The van der Waals surface area contributed by atoms with Gasteiger partial charge >= 0.3 is 0 Å². The highest BCUT2D eigenvalue weighted by Gasteiger charge is 2.16. The van der Waals surface area contributed by atoms with E-state index in [0.717, 1.165) is 24.6 Å². The normalized spacial score (nSPS) is 11.3. The highest BCUT2D eigenvalue weighted by Crippen LogP contribution is 2.33. The van der Waals surface area contributed by atoms with Crippen LogP contribution in [0.3, 0.4) is 0 Å². The zero-order valence-corrected chi connectivity index (χ0v) is 19.9. The molecule has 5 heteroatoms. The molecule has 0 amide bonds.